The Morgan fingerprint density at radius 3 is 2.62 bits per heavy atom. The van der Waals surface area contributed by atoms with Gasteiger partial charge in [0.25, 0.3) is 0 Å². The highest BCUT2D eigenvalue weighted by atomic mass is 16.5. The second-order valence-corrected chi connectivity index (χ2v) is 9.01. The van der Waals surface area contributed by atoms with Crippen LogP contribution in [0.2, 0.25) is 0 Å². The fourth-order valence-corrected chi connectivity index (χ4v) is 5.21. The first-order valence-corrected chi connectivity index (χ1v) is 9.62. The number of methoxy groups -OCH3 is 1. The number of hydrogen-bond donors (Lipinski definition) is 1. The molecule has 2 bridgehead atoms. The maximum absolute atomic E-state index is 12.8. The van der Waals surface area contributed by atoms with Gasteiger partial charge in [-0.2, -0.15) is 0 Å². The van der Waals surface area contributed by atoms with Crippen molar-refractivity contribution < 1.29 is 9.53 Å². The summed E-state index contributed by atoms with van der Waals surface area (Å²) in [6, 6.07) is 0.244. The van der Waals surface area contributed by atoms with Crippen molar-refractivity contribution in [2.45, 2.75) is 66.5 Å². The number of amides is 2. The molecule has 2 fully saturated rings. The number of pyridine rings is 1. The lowest BCUT2D eigenvalue weighted by atomic mass is 9.69. The third kappa shape index (κ3) is 2.76. The van der Waals surface area contributed by atoms with Gasteiger partial charge < -0.3 is 15.0 Å². The zero-order chi connectivity index (χ0) is 19.3. The summed E-state index contributed by atoms with van der Waals surface area (Å²) in [5.74, 6) is 1.57. The lowest BCUT2D eigenvalue weighted by Crippen LogP contribution is -2.50. The van der Waals surface area contributed by atoms with Crippen molar-refractivity contribution in [3.8, 4) is 5.75 Å². The average Bonchev–Trinajstić information content (AvgIpc) is 2.91. The van der Waals surface area contributed by atoms with E-state index in [4.69, 9.17) is 4.74 Å². The number of carbonyl (C=O) groups is 1. The number of ether oxygens (including phenoxy) is 1. The highest BCUT2D eigenvalue weighted by Gasteiger charge is 2.61. The molecule has 1 N–H and O–H groups in total. The molecule has 2 aliphatic rings. The molecular formula is C21H33N3O2. The van der Waals surface area contributed by atoms with Crippen LogP contribution in [0.15, 0.2) is 6.20 Å². The smallest absolute Gasteiger partial charge is 0.317 e. The third-order valence-electron chi connectivity index (χ3n) is 7.58. The van der Waals surface area contributed by atoms with Crippen molar-refractivity contribution in [2.75, 3.05) is 14.2 Å². The Bertz CT molecular complexity index is 715. The number of fused-ring (bicyclic) bond motifs is 2. The van der Waals surface area contributed by atoms with E-state index in [1.165, 1.54) is 12.8 Å². The molecule has 0 aliphatic heterocycles. The molecule has 0 unspecified atom stereocenters. The largest absolute Gasteiger partial charge is 0.496 e. The zero-order valence-corrected chi connectivity index (χ0v) is 17.3. The SMILES string of the molecule is COc1c(C)cnc(CN(C)C(=O)N[C@H]2C[C@H]3CC[C@@]2(C)C3(C)C)c1C. The molecule has 5 nitrogen and oxygen atoms in total. The van der Waals surface area contributed by atoms with Crippen LogP contribution >= 0.6 is 0 Å². The molecule has 0 saturated heterocycles. The van der Waals surface area contributed by atoms with Crippen molar-refractivity contribution in [2.24, 2.45) is 16.7 Å². The number of nitrogens with zero attached hydrogens (tertiary/aromatic N) is 2. The van der Waals surface area contributed by atoms with Gasteiger partial charge in [0.05, 0.1) is 19.3 Å². The fraction of sp³-hybridized carbons (Fsp3) is 0.714. The predicted molar refractivity (Wildman–Crippen MR) is 103 cm³/mol. The first-order valence-electron chi connectivity index (χ1n) is 9.62. The lowest BCUT2D eigenvalue weighted by molar-refractivity contribution is 0.118. The van der Waals surface area contributed by atoms with Gasteiger partial charge in [0.15, 0.2) is 0 Å². The number of aryl methyl sites for hydroxylation is 1. The van der Waals surface area contributed by atoms with Gasteiger partial charge in [0.2, 0.25) is 0 Å². The van der Waals surface area contributed by atoms with E-state index in [9.17, 15) is 4.79 Å². The van der Waals surface area contributed by atoms with Crippen molar-refractivity contribution in [1.29, 1.82) is 0 Å². The summed E-state index contributed by atoms with van der Waals surface area (Å²) in [6.07, 6.45) is 5.40. The highest BCUT2D eigenvalue weighted by molar-refractivity contribution is 5.74. The van der Waals surface area contributed by atoms with Crippen molar-refractivity contribution in [1.82, 2.24) is 15.2 Å². The van der Waals surface area contributed by atoms with E-state index in [0.717, 1.165) is 29.0 Å². The normalized spacial score (nSPS) is 28.9. The van der Waals surface area contributed by atoms with Crippen LogP contribution in [0.5, 0.6) is 5.75 Å². The molecule has 1 aromatic heterocycles. The standard InChI is InChI=1S/C21H33N3O2/c1-13-11-22-16(14(2)18(13)26-7)12-24(6)19(25)23-17-10-15-8-9-21(17,5)20(15,3)4/h11,15,17H,8-10,12H2,1-7H3,(H,23,25)/t15-,17+,21-/m1/s1. The molecule has 1 aromatic rings. The van der Waals surface area contributed by atoms with Crippen LogP contribution in [-0.2, 0) is 6.54 Å². The number of carbonyl (C=O) groups excluding carboxylic acids is 1. The van der Waals surface area contributed by atoms with Gasteiger partial charge in [-0.15, -0.1) is 0 Å². The van der Waals surface area contributed by atoms with E-state index in [-0.39, 0.29) is 17.5 Å². The number of urea groups is 1. The molecule has 26 heavy (non-hydrogen) atoms. The summed E-state index contributed by atoms with van der Waals surface area (Å²) in [5, 5.41) is 3.31. The molecule has 0 radical (unpaired) electrons. The van der Waals surface area contributed by atoms with E-state index in [1.807, 2.05) is 27.1 Å². The second-order valence-electron chi connectivity index (χ2n) is 9.01. The van der Waals surface area contributed by atoms with Crippen molar-refractivity contribution in [3.05, 3.63) is 23.0 Å². The molecule has 2 aliphatic carbocycles. The summed E-state index contributed by atoms with van der Waals surface area (Å²) in [7, 11) is 3.51. The Morgan fingerprint density at radius 2 is 2.08 bits per heavy atom. The third-order valence-corrected chi connectivity index (χ3v) is 7.58. The Hall–Kier alpha value is -1.78. The van der Waals surface area contributed by atoms with Gasteiger partial charge in [-0.1, -0.05) is 20.8 Å². The Kier molecular flexibility index (Phi) is 4.70. The number of nitrogens with one attached hydrogen (secondary N) is 1. The van der Waals surface area contributed by atoms with Crippen LogP contribution in [0.3, 0.4) is 0 Å². The van der Waals surface area contributed by atoms with Gasteiger partial charge in [0, 0.05) is 30.4 Å². The maximum Gasteiger partial charge on any atom is 0.317 e. The topological polar surface area (TPSA) is 54.5 Å². The minimum atomic E-state index is -0.0136. The molecule has 1 heterocycles. The van der Waals surface area contributed by atoms with Crippen molar-refractivity contribution >= 4 is 6.03 Å². The van der Waals surface area contributed by atoms with Crippen LogP contribution in [0.4, 0.5) is 4.79 Å². The van der Waals surface area contributed by atoms with Gasteiger partial charge >= 0.3 is 6.03 Å². The Balaban J connectivity index is 1.69. The number of rotatable bonds is 4. The maximum atomic E-state index is 12.8. The van der Waals surface area contributed by atoms with Gasteiger partial charge in [0.1, 0.15) is 5.75 Å². The quantitative estimate of drug-likeness (QED) is 0.882. The molecule has 2 amide bonds. The summed E-state index contributed by atoms with van der Waals surface area (Å²) in [5.41, 5.74) is 3.38. The van der Waals surface area contributed by atoms with E-state index in [2.05, 4.69) is 31.1 Å². The van der Waals surface area contributed by atoms with Gasteiger partial charge in [-0.05, 0) is 49.9 Å². The average molecular weight is 360 g/mol. The molecule has 3 rings (SSSR count). The van der Waals surface area contributed by atoms with Crippen LogP contribution in [0.1, 0.15) is 56.9 Å². The van der Waals surface area contributed by atoms with Crippen molar-refractivity contribution in [3.63, 3.8) is 0 Å². The Labute approximate surface area is 157 Å². The predicted octanol–water partition coefficient (Wildman–Crippen LogP) is 4.06. The minimum absolute atomic E-state index is 0.0136. The number of aromatic nitrogens is 1. The van der Waals surface area contributed by atoms with Gasteiger partial charge in [-0.3, -0.25) is 4.98 Å². The molecular weight excluding hydrogens is 326 g/mol. The summed E-state index contributed by atoms with van der Waals surface area (Å²) >= 11 is 0. The van der Waals surface area contributed by atoms with E-state index in [0.29, 0.717) is 17.9 Å². The highest BCUT2D eigenvalue weighted by Crippen LogP contribution is 2.65. The summed E-state index contributed by atoms with van der Waals surface area (Å²) in [6.45, 7) is 11.5. The second kappa shape index (κ2) is 6.43. The molecule has 144 valence electrons. The first kappa shape index (κ1) is 19.0. The van der Waals surface area contributed by atoms with Crippen LogP contribution in [0.25, 0.3) is 0 Å². The Morgan fingerprint density at radius 1 is 1.38 bits per heavy atom. The minimum Gasteiger partial charge on any atom is -0.496 e. The van der Waals surface area contributed by atoms with Crippen LogP contribution < -0.4 is 10.1 Å². The van der Waals surface area contributed by atoms with Gasteiger partial charge in [-0.25, -0.2) is 4.79 Å². The first-order chi connectivity index (χ1) is 12.1. The fourth-order valence-electron chi connectivity index (χ4n) is 5.21. The summed E-state index contributed by atoms with van der Waals surface area (Å²) in [4.78, 5) is 19.1. The molecule has 2 saturated carbocycles. The molecule has 0 spiro atoms. The zero-order valence-electron chi connectivity index (χ0n) is 17.3. The monoisotopic (exact) mass is 359 g/mol. The molecule has 0 aromatic carbocycles. The molecule has 3 atom stereocenters. The van der Waals surface area contributed by atoms with E-state index in [1.54, 1.807) is 12.0 Å². The van der Waals surface area contributed by atoms with E-state index < -0.39 is 0 Å². The number of hydrogen-bond acceptors (Lipinski definition) is 3. The lowest BCUT2D eigenvalue weighted by Gasteiger charge is -2.40. The van der Waals surface area contributed by atoms with Crippen LogP contribution in [0, 0.1) is 30.6 Å². The van der Waals surface area contributed by atoms with Crippen LogP contribution in [-0.4, -0.2) is 36.1 Å². The molecule has 5 heteroatoms. The summed E-state index contributed by atoms with van der Waals surface area (Å²) < 4.78 is 5.48. The van der Waals surface area contributed by atoms with E-state index >= 15 is 0 Å².